The third kappa shape index (κ3) is 15.2. The normalized spacial score (nSPS) is 13.2. The van der Waals surface area contributed by atoms with Crippen molar-refractivity contribution in [2.24, 2.45) is 10.8 Å². The molecule has 2 aromatic rings. The molecule has 0 aromatic heterocycles. The predicted molar refractivity (Wildman–Crippen MR) is 178 cm³/mol. The van der Waals surface area contributed by atoms with Crippen molar-refractivity contribution in [3.8, 4) is 0 Å². The van der Waals surface area contributed by atoms with E-state index in [1.807, 2.05) is 44.2 Å². The Morgan fingerprint density at radius 3 is 2.12 bits per heavy atom. The standard InChI is InChI=1S/C36H51F2N3O7/c1-34(2,3)32(44)47-30(28(41-33(45)48-35(4,5)6)21-46-20-24-13-10-9-11-14-24)31(43)40-23-36(7,8)22-39-29(42)16-12-15-25-19-26(37)17-18-27(25)38/h9-11,13-14,17-19,28,30H,12,15-16,20-23H2,1-8H3,(H,39,42)(H,40,43)(H,41,45)/t28-,30+/m1/s1. The van der Waals surface area contributed by atoms with Crippen LogP contribution in [0, 0.1) is 22.5 Å². The number of esters is 1. The maximum absolute atomic E-state index is 13.9. The zero-order chi connectivity index (χ0) is 36.1. The first-order chi connectivity index (χ1) is 22.3. The van der Waals surface area contributed by atoms with Gasteiger partial charge in [0.05, 0.1) is 18.6 Å². The second-order valence-electron chi connectivity index (χ2n) is 14.6. The highest BCUT2D eigenvalue weighted by Gasteiger charge is 2.38. The monoisotopic (exact) mass is 675 g/mol. The minimum atomic E-state index is -1.48. The number of carbonyl (C=O) groups excluding carboxylic acids is 4. The number of nitrogens with one attached hydrogen (secondary N) is 3. The van der Waals surface area contributed by atoms with Crippen molar-refractivity contribution in [2.75, 3.05) is 19.7 Å². The van der Waals surface area contributed by atoms with Crippen molar-refractivity contribution in [3.63, 3.8) is 0 Å². The molecule has 0 aliphatic rings. The van der Waals surface area contributed by atoms with Gasteiger partial charge in [0.15, 0.2) is 0 Å². The van der Waals surface area contributed by atoms with Crippen molar-refractivity contribution in [1.82, 2.24) is 16.0 Å². The average molecular weight is 676 g/mol. The van der Waals surface area contributed by atoms with Crippen LogP contribution < -0.4 is 16.0 Å². The second-order valence-corrected chi connectivity index (χ2v) is 14.6. The molecule has 0 saturated carbocycles. The van der Waals surface area contributed by atoms with E-state index in [4.69, 9.17) is 14.2 Å². The fourth-order valence-electron chi connectivity index (χ4n) is 4.24. The van der Waals surface area contributed by atoms with Crippen LogP contribution in [0.3, 0.4) is 0 Å². The van der Waals surface area contributed by atoms with E-state index < -0.39 is 58.2 Å². The first kappa shape index (κ1) is 40.1. The molecule has 3 amide bonds. The van der Waals surface area contributed by atoms with Gasteiger partial charge in [-0.2, -0.15) is 0 Å². The number of hydrogen-bond donors (Lipinski definition) is 3. The number of ether oxygens (including phenoxy) is 3. The topological polar surface area (TPSA) is 132 Å². The van der Waals surface area contributed by atoms with Crippen LogP contribution >= 0.6 is 0 Å². The Kier molecular flexibility index (Phi) is 15.0. The van der Waals surface area contributed by atoms with Crippen LogP contribution in [0.5, 0.6) is 0 Å². The fraction of sp³-hybridized carbons (Fsp3) is 0.556. The van der Waals surface area contributed by atoms with E-state index in [0.29, 0.717) is 6.42 Å². The van der Waals surface area contributed by atoms with Crippen LogP contribution in [-0.2, 0) is 41.6 Å². The molecule has 0 fully saturated rings. The van der Waals surface area contributed by atoms with E-state index >= 15 is 0 Å². The molecule has 0 aliphatic carbocycles. The molecule has 48 heavy (non-hydrogen) atoms. The zero-order valence-electron chi connectivity index (χ0n) is 29.3. The summed E-state index contributed by atoms with van der Waals surface area (Å²) in [5.41, 5.74) is -1.35. The van der Waals surface area contributed by atoms with Gasteiger partial charge in [0, 0.05) is 19.5 Å². The van der Waals surface area contributed by atoms with Gasteiger partial charge in [-0.05, 0) is 89.1 Å². The van der Waals surface area contributed by atoms with E-state index in [2.05, 4.69) is 16.0 Å². The average Bonchev–Trinajstić information content (AvgIpc) is 2.98. The summed E-state index contributed by atoms with van der Waals surface area (Å²) in [5.74, 6) is -2.67. The van der Waals surface area contributed by atoms with Gasteiger partial charge in [0.1, 0.15) is 23.3 Å². The zero-order valence-corrected chi connectivity index (χ0v) is 29.3. The highest BCUT2D eigenvalue weighted by atomic mass is 19.1. The summed E-state index contributed by atoms with van der Waals surface area (Å²) in [6.07, 6.45) is -1.66. The van der Waals surface area contributed by atoms with Crippen LogP contribution in [0.15, 0.2) is 48.5 Å². The highest BCUT2D eigenvalue weighted by Crippen LogP contribution is 2.20. The van der Waals surface area contributed by atoms with E-state index in [0.717, 1.165) is 23.8 Å². The molecular formula is C36H51F2N3O7. The van der Waals surface area contributed by atoms with Crippen molar-refractivity contribution >= 4 is 23.9 Å². The van der Waals surface area contributed by atoms with Gasteiger partial charge in [-0.1, -0.05) is 44.2 Å². The summed E-state index contributed by atoms with van der Waals surface area (Å²) in [4.78, 5) is 52.0. The maximum Gasteiger partial charge on any atom is 0.408 e. The smallest absolute Gasteiger partial charge is 0.408 e. The molecule has 0 aliphatic heterocycles. The quantitative estimate of drug-likeness (QED) is 0.197. The summed E-state index contributed by atoms with van der Waals surface area (Å²) < 4.78 is 44.3. The van der Waals surface area contributed by atoms with Gasteiger partial charge < -0.3 is 30.2 Å². The molecule has 2 rings (SSSR count). The molecule has 0 heterocycles. The predicted octanol–water partition coefficient (Wildman–Crippen LogP) is 5.61. The molecule has 0 radical (unpaired) electrons. The van der Waals surface area contributed by atoms with Gasteiger partial charge in [0.25, 0.3) is 5.91 Å². The number of benzene rings is 2. The molecule has 12 heteroatoms. The molecular weight excluding hydrogens is 624 g/mol. The number of hydrogen-bond acceptors (Lipinski definition) is 7. The van der Waals surface area contributed by atoms with Crippen molar-refractivity contribution in [1.29, 1.82) is 0 Å². The van der Waals surface area contributed by atoms with Crippen LogP contribution in [-0.4, -0.2) is 61.3 Å². The summed E-state index contributed by atoms with van der Waals surface area (Å²) in [6.45, 7) is 13.9. The third-order valence-electron chi connectivity index (χ3n) is 6.94. The van der Waals surface area contributed by atoms with E-state index in [-0.39, 0.29) is 50.6 Å². The molecule has 0 spiro atoms. The Labute approximate surface area is 282 Å². The van der Waals surface area contributed by atoms with Gasteiger partial charge in [-0.15, -0.1) is 0 Å². The van der Waals surface area contributed by atoms with Crippen LogP contribution in [0.1, 0.15) is 79.4 Å². The third-order valence-corrected chi connectivity index (χ3v) is 6.94. The summed E-state index contributed by atoms with van der Waals surface area (Å²) >= 11 is 0. The highest BCUT2D eigenvalue weighted by molar-refractivity contribution is 5.86. The van der Waals surface area contributed by atoms with E-state index in [9.17, 15) is 28.0 Å². The lowest BCUT2D eigenvalue weighted by Crippen LogP contribution is -2.57. The number of aryl methyl sites for hydroxylation is 1. The summed E-state index contributed by atoms with van der Waals surface area (Å²) in [7, 11) is 0. The maximum atomic E-state index is 13.9. The van der Waals surface area contributed by atoms with Crippen molar-refractivity contribution in [3.05, 3.63) is 71.3 Å². The largest absolute Gasteiger partial charge is 0.450 e. The van der Waals surface area contributed by atoms with Crippen molar-refractivity contribution < 1.29 is 42.2 Å². The van der Waals surface area contributed by atoms with Gasteiger partial charge in [-0.25, -0.2) is 13.6 Å². The first-order valence-corrected chi connectivity index (χ1v) is 16.1. The van der Waals surface area contributed by atoms with E-state index in [1.54, 1.807) is 41.5 Å². The Morgan fingerprint density at radius 2 is 1.50 bits per heavy atom. The van der Waals surface area contributed by atoms with Gasteiger partial charge in [0.2, 0.25) is 12.0 Å². The molecule has 2 atom stereocenters. The lowest BCUT2D eigenvalue weighted by atomic mass is 9.93. The van der Waals surface area contributed by atoms with Crippen LogP contribution in [0.25, 0.3) is 0 Å². The minimum Gasteiger partial charge on any atom is -0.450 e. The lowest BCUT2D eigenvalue weighted by molar-refractivity contribution is -0.166. The molecule has 0 bridgehead atoms. The van der Waals surface area contributed by atoms with Gasteiger partial charge >= 0.3 is 12.1 Å². The number of carbonyl (C=O) groups is 4. The molecule has 0 saturated heterocycles. The first-order valence-electron chi connectivity index (χ1n) is 16.1. The molecule has 0 unspecified atom stereocenters. The molecule has 3 N–H and O–H groups in total. The number of alkyl carbamates (subject to hydrolysis) is 1. The number of amides is 3. The molecule has 266 valence electrons. The number of halogens is 2. The van der Waals surface area contributed by atoms with Crippen LogP contribution in [0.2, 0.25) is 0 Å². The van der Waals surface area contributed by atoms with Gasteiger partial charge in [-0.3, -0.25) is 14.4 Å². The summed E-state index contributed by atoms with van der Waals surface area (Å²) in [6, 6.07) is 11.4. The van der Waals surface area contributed by atoms with E-state index in [1.165, 1.54) is 0 Å². The fourth-order valence-corrected chi connectivity index (χ4v) is 4.24. The Balaban J connectivity index is 2.09. The number of rotatable bonds is 16. The Morgan fingerprint density at radius 1 is 0.854 bits per heavy atom. The minimum absolute atomic E-state index is 0.0776. The molecule has 2 aromatic carbocycles. The SMILES string of the molecule is CC(C)(CNC(=O)CCCc1cc(F)ccc1F)CNC(=O)[C@@H](OC(=O)C(C)(C)C)[C@@H](COCc1ccccc1)NC(=O)OC(C)(C)C. The molecule has 10 nitrogen and oxygen atoms in total. The lowest BCUT2D eigenvalue weighted by Gasteiger charge is -2.31. The van der Waals surface area contributed by atoms with Crippen molar-refractivity contribution in [2.45, 2.75) is 99.0 Å². The second kappa shape index (κ2) is 17.9. The summed E-state index contributed by atoms with van der Waals surface area (Å²) in [5, 5.41) is 8.26. The Bertz CT molecular complexity index is 1370. The van der Waals surface area contributed by atoms with Crippen LogP contribution in [0.4, 0.5) is 13.6 Å². The Hall–Kier alpha value is -4.06.